The van der Waals surface area contributed by atoms with E-state index in [1.165, 1.54) is 0 Å². The summed E-state index contributed by atoms with van der Waals surface area (Å²) in [5, 5.41) is 10.5. The molecular formula is C16H17ClN2O2. The quantitative estimate of drug-likeness (QED) is 0.864. The van der Waals surface area contributed by atoms with Crippen LogP contribution in [0.5, 0.6) is 0 Å². The fraction of sp³-hybridized carbons (Fsp3) is 0.250. The van der Waals surface area contributed by atoms with Crippen LogP contribution in [0.25, 0.3) is 0 Å². The molecule has 1 aromatic heterocycles. The number of benzene rings is 1. The predicted molar refractivity (Wildman–Crippen MR) is 81.7 cm³/mol. The molecule has 1 aromatic carbocycles. The third-order valence-corrected chi connectivity index (χ3v) is 3.41. The SMILES string of the molecule is CN(Cc1ccc(Cl)nc1)C(=O)CC(O)c1ccccc1. The van der Waals surface area contributed by atoms with Gasteiger partial charge in [-0.15, -0.1) is 0 Å². The summed E-state index contributed by atoms with van der Waals surface area (Å²) in [5.41, 5.74) is 1.64. The maximum atomic E-state index is 12.1. The number of aliphatic hydroxyl groups excluding tert-OH is 1. The van der Waals surface area contributed by atoms with Crippen molar-refractivity contribution in [2.75, 3.05) is 7.05 Å². The van der Waals surface area contributed by atoms with Crippen LogP contribution in [-0.4, -0.2) is 27.9 Å². The molecule has 0 fully saturated rings. The van der Waals surface area contributed by atoms with Gasteiger partial charge < -0.3 is 10.0 Å². The molecule has 0 radical (unpaired) electrons. The van der Waals surface area contributed by atoms with Crippen LogP contribution in [0.15, 0.2) is 48.7 Å². The van der Waals surface area contributed by atoms with Crippen LogP contribution in [0.1, 0.15) is 23.7 Å². The van der Waals surface area contributed by atoms with Crippen molar-refractivity contribution in [3.05, 3.63) is 64.9 Å². The minimum absolute atomic E-state index is 0.0571. The van der Waals surface area contributed by atoms with E-state index in [1.807, 2.05) is 24.3 Å². The molecule has 0 aliphatic rings. The van der Waals surface area contributed by atoms with Crippen molar-refractivity contribution in [1.29, 1.82) is 0 Å². The number of hydrogen-bond donors (Lipinski definition) is 1. The minimum Gasteiger partial charge on any atom is -0.388 e. The van der Waals surface area contributed by atoms with E-state index in [0.29, 0.717) is 11.7 Å². The normalized spacial score (nSPS) is 12.0. The Balaban J connectivity index is 1.92. The predicted octanol–water partition coefficient (Wildman–Crippen LogP) is 2.82. The van der Waals surface area contributed by atoms with Gasteiger partial charge in [-0.2, -0.15) is 0 Å². The van der Waals surface area contributed by atoms with Crippen molar-refractivity contribution in [3.63, 3.8) is 0 Å². The Bertz CT molecular complexity index is 587. The van der Waals surface area contributed by atoms with Crippen molar-refractivity contribution in [3.8, 4) is 0 Å². The van der Waals surface area contributed by atoms with Crippen molar-refractivity contribution in [2.45, 2.75) is 19.1 Å². The Labute approximate surface area is 129 Å². The van der Waals surface area contributed by atoms with Crippen LogP contribution in [-0.2, 0) is 11.3 Å². The first-order chi connectivity index (χ1) is 10.1. The molecule has 0 spiro atoms. The summed E-state index contributed by atoms with van der Waals surface area (Å²) in [6, 6.07) is 12.7. The minimum atomic E-state index is -0.788. The molecule has 0 aliphatic heterocycles. The van der Waals surface area contributed by atoms with E-state index in [2.05, 4.69) is 4.98 Å². The second-order valence-corrected chi connectivity index (χ2v) is 5.26. The standard InChI is InChI=1S/C16H17ClN2O2/c1-19(11-12-7-8-15(17)18-10-12)16(21)9-14(20)13-5-3-2-4-6-13/h2-8,10,14,20H,9,11H2,1H3. The highest BCUT2D eigenvalue weighted by Gasteiger charge is 2.16. The number of halogens is 1. The molecule has 0 saturated carbocycles. The number of pyridine rings is 1. The molecule has 0 bridgehead atoms. The van der Waals surface area contributed by atoms with E-state index in [0.717, 1.165) is 11.1 Å². The number of carbonyl (C=O) groups excluding carboxylic acids is 1. The largest absolute Gasteiger partial charge is 0.388 e. The molecule has 1 N–H and O–H groups in total. The molecule has 2 aromatic rings. The third kappa shape index (κ3) is 4.55. The Morgan fingerprint density at radius 2 is 2.00 bits per heavy atom. The molecule has 110 valence electrons. The summed E-state index contributed by atoms with van der Waals surface area (Å²) in [5.74, 6) is -0.124. The lowest BCUT2D eigenvalue weighted by Crippen LogP contribution is -2.27. The van der Waals surface area contributed by atoms with Crippen molar-refractivity contribution in [2.24, 2.45) is 0 Å². The number of aliphatic hydroxyl groups is 1. The summed E-state index contributed by atoms with van der Waals surface area (Å²) in [7, 11) is 1.70. The van der Waals surface area contributed by atoms with Gasteiger partial charge in [0, 0.05) is 19.8 Å². The molecule has 4 nitrogen and oxygen atoms in total. The van der Waals surface area contributed by atoms with Gasteiger partial charge in [0.25, 0.3) is 0 Å². The molecule has 0 saturated heterocycles. The summed E-state index contributed by atoms with van der Waals surface area (Å²) in [6.07, 6.45) is 0.908. The van der Waals surface area contributed by atoms with Crippen LogP contribution in [0.3, 0.4) is 0 Å². The van der Waals surface area contributed by atoms with Crippen molar-refractivity contribution in [1.82, 2.24) is 9.88 Å². The summed E-state index contributed by atoms with van der Waals surface area (Å²) < 4.78 is 0. The van der Waals surface area contributed by atoms with Gasteiger partial charge in [0.1, 0.15) is 5.15 Å². The highest BCUT2D eigenvalue weighted by Crippen LogP contribution is 2.17. The highest BCUT2D eigenvalue weighted by atomic mass is 35.5. The lowest BCUT2D eigenvalue weighted by molar-refractivity contribution is -0.132. The van der Waals surface area contributed by atoms with Crippen LogP contribution in [0.4, 0.5) is 0 Å². The van der Waals surface area contributed by atoms with E-state index >= 15 is 0 Å². The molecule has 2 rings (SSSR count). The Kier molecular flexibility index (Phi) is 5.31. The van der Waals surface area contributed by atoms with Crippen LogP contribution < -0.4 is 0 Å². The molecule has 1 heterocycles. The number of carbonyl (C=O) groups is 1. The van der Waals surface area contributed by atoms with Gasteiger partial charge in [0.2, 0.25) is 5.91 Å². The number of rotatable bonds is 5. The molecule has 5 heteroatoms. The molecule has 1 amide bonds. The van der Waals surface area contributed by atoms with Crippen molar-refractivity contribution >= 4 is 17.5 Å². The lowest BCUT2D eigenvalue weighted by atomic mass is 10.1. The van der Waals surface area contributed by atoms with E-state index in [9.17, 15) is 9.90 Å². The van der Waals surface area contributed by atoms with E-state index in [-0.39, 0.29) is 12.3 Å². The first-order valence-corrected chi connectivity index (χ1v) is 7.01. The molecule has 21 heavy (non-hydrogen) atoms. The zero-order chi connectivity index (χ0) is 15.2. The summed E-state index contributed by atoms with van der Waals surface area (Å²) in [6.45, 7) is 0.435. The second-order valence-electron chi connectivity index (χ2n) is 4.87. The maximum Gasteiger partial charge on any atom is 0.225 e. The first kappa shape index (κ1) is 15.5. The fourth-order valence-electron chi connectivity index (χ4n) is 1.98. The monoisotopic (exact) mass is 304 g/mol. The number of hydrogen-bond acceptors (Lipinski definition) is 3. The molecule has 1 unspecified atom stereocenters. The lowest BCUT2D eigenvalue weighted by Gasteiger charge is -2.19. The van der Waals surface area contributed by atoms with Gasteiger partial charge >= 0.3 is 0 Å². The number of amides is 1. The van der Waals surface area contributed by atoms with Crippen LogP contribution in [0.2, 0.25) is 5.15 Å². The molecule has 0 aliphatic carbocycles. The van der Waals surface area contributed by atoms with Gasteiger partial charge in [0.05, 0.1) is 12.5 Å². The Hall–Kier alpha value is -1.91. The topological polar surface area (TPSA) is 53.4 Å². The van der Waals surface area contributed by atoms with Gasteiger partial charge in [-0.3, -0.25) is 4.79 Å². The zero-order valence-corrected chi connectivity index (χ0v) is 12.5. The average Bonchev–Trinajstić information content (AvgIpc) is 2.50. The first-order valence-electron chi connectivity index (χ1n) is 6.63. The summed E-state index contributed by atoms with van der Waals surface area (Å²) in [4.78, 5) is 17.7. The van der Waals surface area contributed by atoms with Crippen LogP contribution >= 0.6 is 11.6 Å². The fourth-order valence-corrected chi connectivity index (χ4v) is 2.09. The van der Waals surface area contributed by atoms with Crippen molar-refractivity contribution < 1.29 is 9.90 Å². The average molecular weight is 305 g/mol. The van der Waals surface area contributed by atoms with Gasteiger partial charge in [-0.05, 0) is 17.2 Å². The van der Waals surface area contributed by atoms with E-state index < -0.39 is 6.10 Å². The van der Waals surface area contributed by atoms with Crippen LogP contribution in [0, 0.1) is 0 Å². The smallest absolute Gasteiger partial charge is 0.225 e. The Morgan fingerprint density at radius 1 is 1.29 bits per heavy atom. The molecule has 1 atom stereocenters. The van der Waals surface area contributed by atoms with Gasteiger partial charge in [-0.25, -0.2) is 4.98 Å². The van der Waals surface area contributed by atoms with E-state index in [4.69, 9.17) is 11.6 Å². The zero-order valence-electron chi connectivity index (χ0n) is 11.7. The van der Waals surface area contributed by atoms with Gasteiger partial charge in [0.15, 0.2) is 0 Å². The second kappa shape index (κ2) is 7.20. The van der Waals surface area contributed by atoms with Gasteiger partial charge in [-0.1, -0.05) is 48.0 Å². The third-order valence-electron chi connectivity index (χ3n) is 3.19. The molecular weight excluding hydrogens is 288 g/mol. The Morgan fingerprint density at radius 3 is 2.62 bits per heavy atom. The maximum absolute atomic E-state index is 12.1. The number of aromatic nitrogens is 1. The number of nitrogens with zero attached hydrogens (tertiary/aromatic N) is 2. The summed E-state index contributed by atoms with van der Waals surface area (Å²) >= 11 is 5.72. The van der Waals surface area contributed by atoms with E-state index in [1.54, 1.807) is 36.3 Å². The highest BCUT2D eigenvalue weighted by molar-refractivity contribution is 6.29.